The molecule has 0 aliphatic carbocycles. The number of carbonyl (C=O) groups excluding carboxylic acids is 2. The van der Waals surface area contributed by atoms with Crippen molar-refractivity contribution < 1.29 is 19.0 Å². The van der Waals surface area contributed by atoms with E-state index >= 15 is 0 Å². The van der Waals surface area contributed by atoms with Gasteiger partial charge in [0.2, 0.25) is 11.1 Å². The highest BCUT2D eigenvalue weighted by molar-refractivity contribution is 7.99. The van der Waals surface area contributed by atoms with Crippen molar-refractivity contribution in [3.05, 3.63) is 63.4 Å². The molecule has 0 unspecified atom stereocenters. The number of benzene rings is 2. The highest BCUT2D eigenvalue weighted by Crippen LogP contribution is 2.41. The summed E-state index contributed by atoms with van der Waals surface area (Å²) in [6, 6.07) is 12.1. The van der Waals surface area contributed by atoms with Crippen LogP contribution in [0.2, 0.25) is 5.02 Å². The van der Waals surface area contributed by atoms with Crippen LogP contribution in [0.3, 0.4) is 0 Å². The molecule has 3 aromatic rings. The number of aromatic amines is 1. The SMILES string of the molecule is CCSc1n[n+]2c(c(=O)[nH]1)-c1ccccc1N(C(C)=O)[C@@H]2c1cccc(OC(C)=O)c1Cl. The van der Waals surface area contributed by atoms with Crippen LogP contribution >= 0.6 is 23.4 Å². The maximum atomic E-state index is 13.1. The van der Waals surface area contributed by atoms with Crippen molar-refractivity contribution in [3.63, 3.8) is 0 Å². The summed E-state index contributed by atoms with van der Waals surface area (Å²) in [5, 5.41) is 5.22. The number of esters is 1. The van der Waals surface area contributed by atoms with E-state index in [-0.39, 0.29) is 22.2 Å². The van der Waals surface area contributed by atoms with E-state index in [4.69, 9.17) is 16.3 Å². The van der Waals surface area contributed by atoms with Crippen molar-refractivity contribution in [2.24, 2.45) is 0 Å². The normalized spacial score (nSPS) is 14.5. The lowest BCUT2D eigenvalue weighted by Crippen LogP contribution is -2.60. The number of nitrogens with one attached hydrogen (secondary N) is 1. The number of H-pyrrole nitrogens is 1. The number of halogens is 1. The summed E-state index contributed by atoms with van der Waals surface area (Å²) in [6.45, 7) is 4.66. The second kappa shape index (κ2) is 8.76. The molecule has 32 heavy (non-hydrogen) atoms. The van der Waals surface area contributed by atoms with Gasteiger partial charge in [-0.25, -0.2) is 4.90 Å². The molecule has 1 aliphatic heterocycles. The molecular weight excluding hydrogens is 452 g/mol. The highest BCUT2D eigenvalue weighted by Gasteiger charge is 2.46. The third-order valence-corrected chi connectivity index (χ3v) is 6.05. The number of hydrogen-bond donors (Lipinski definition) is 1. The van der Waals surface area contributed by atoms with E-state index in [9.17, 15) is 14.4 Å². The first-order valence-corrected chi connectivity index (χ1v) is 11.2. The van der Waals surface area contributed by atoms with E-state index in [2.05, 4.69) is 10.1 Å². The molecule has 10 heteroatoms. The predicted octanol–water partition coefficient (Wildman–Crippen LogP) is 3.33. The smallest absolute Gasteiger partial charge is 0.325 e. The van der Waals surface area contributed by atoms with Crippen LogP contribution in [0.15, 0.2) is 52.4 Å². The first-order valence-electron chi connectivity index (χ1n) is 9.88. The molecule has 1 amide bonds. The topological polar surface area (TPSA) is 96.2 Å². The predicted molar refractivity (Wildman–Crippen MR) is 121 cm³/mol. The number of aromatic nitrogens is 3. The number of carbonyl (C=O) groups is 2. The van der Waals surface area contributed by atoms with Gasteiger partial charge < -0.3 is 4.74 Å². The van der Waals surface area contributed by atoms with Crippen molar-refractivity contribution in [2.45, 2.75) is 32.1 Å². The number of rotatable bonds is 4. The Hall–Kier alpha value is -3.17. The summed E-state index contributed by atoms with van der Waals surface area (Å²) in [4.78, 5) is 41.9. The Morgan fingerprint density at radius 3 is 2.66 bits per heavy atom. The van der Waals surface area contributed by atoms with Crippen LogP contribution in [0.4, 0.5) is 5.69 Å². The van der Waals surface area contributed by atoms with Crippen LogP contribution < -0.4 is 19.9 Å². The fourth-order valence-electron chi connectivity index (χ4n) is 3.76. The lowest BCUT2D eigenvalue weighted by atomic mass is 10.0. The number of thioether (sulfide) groups is 1. The highest BCUT2D eigenvalue weighted by atomic mass is 35.5. The molecule has 0 saturated heterocycles. The average molecular weight is 472 g/mol. The minimum absolute atomic E-state index is 0.156. The largest absolute Gasteiger partial charge is 0.425 e. The average Bonchev–Trinajstić information content (AvgIpc) is 2.74. The molecule has 2 heterocycles. The first kappa shape index (κ1) is 22.0. The number of para-hydroxylation sites is 1. The number of fused-ring (bicyclic) bond motifs is 3. The number of amides is 1. The van der Waals surface area contributed by atoms with E-state index in [1.54, 1.807) is 42.5 Å². The molecule has 164 valence electrons. The molecule has 0 bridgehead atoms. The van der Waals surface area contributed by atoms with Gasteiger partial charge in [0.05, 0.1) is 21.8 Å². The molecule has 1 atom stereocenters. The summed E-state index contributed by atoms with van der Waals surface area (Å²) in [6.07, 6.45) is -0.862. The molecule has 0 fully saturated rings. The fraction of sp³-hybridized carbons (Fsp3) is 0.227. The Morgan fingerprint density at radius 2 is 1.97 bits per heavy atom. The van der Waals surface area contributed by atoms with E-state index < -0.39 is 12.1 Å². The monoisotopic (exact) mass is 471 g/mol. The molecule has 0 radical (unpaired) electrons. The molecule has 8 nitrogen and oxygen atoms in total. The second-order valence-corrected chi connectivity index (χ2v) is 8.65. The quantitative estimate of drug-likeness (QED) is 0.271. The Labute approximate surface area is 193 Å². The molecule has 1 aromatic heterocycles. The van der Waals surface area contributed by atoms with Crippen LogP contribution in [0, 0.1) is 0 Å². The summed E-state index contributed by atoms with van der Waals surface area (Å²) < 4.78 is 6.75. The Morgan fingerprint density at radius 1 is 1.22 bits per heavy atom. The number of ether oxygens (including phenoxy) is 1. The van der Waals surface area contributed by atoms with Gasteiger partial charge in [0.25, 0.3) is 6.17 Å². The molecule has 0 spiro atoms. The zero-order chi connectivity index (χ0) is 23.0. The van der Waals surface area contributed by atoms with E-state index in [0.717, 1.165) is 0 Å². The van der Waals surface area contributed by atoms with Gasteiger partial charge >= 0.3 is 17.2 Å². The lowest BCUT2D eigenvalue weighted by Gasteiger charge is -2.31. The van der Waals surface area contributed by atoms with E-state index in [1.807, 2.05) is 6.92 Å². The summed E-state index contributed by atoms with van der Waals surface area (Å²) in [7, 11) is 0. The van der Waals surface area contributed by atoms with E-state index in [0.29, 0.717) is 33.4 Å². The Kier molecular flexibility index (Phi) is 6.03. The number of anilines is 1. The molecule has 2 aromatic carbocycles. The zero-order valence-electron chi connectivity index (χ0n) is 17.6. The van der Waals surface area contributed by atoms with Crippen LogP contribution in [-0.2, 0) is 9.59 Å². The van der Waals surface area contributed by atoms with Gasteiger partial charge in [0.15, 0.2) is 0 Å². The minimum Gasteiger partial charge on any atom is -0.425 e. The summed E-state index contributed by atoms with van der Waals surface area (Å²) in [5.41, 5.74) is 1.57. The third-order valence-electron chi connectivity index (χ3n) is 4.90. The van der Waals surface area contributed by atoms with Crippen LogP contribution in [-0.4, -0.2) is 27.7 Å². The van der Waals surface area contributed by atoms with Gasteiger partial charge in [-0.05, 0) is 34.7 Å². The summed E-state index contributed by atoms with van der Waals surface area (Å²) in [5.74, 6) is 0.0732. The first-order chi connectivity index (χ1) is 15.3. The zero-order valence-corrected chi connectivity index (χ0v) is 19.2. The number of hydrogen-bond acceptors (Lipinski definition) is 6. The molecule has 1 N–H and O–H groups in total. The van der Waals surface area contributed by atoms with Gasteiger partial charge in [-0.2, -0.15) is 0 Å². The molecule has 1 aliphatic rings. The van der Waals surface area contributed by atoms with Crippen molar-refractivity contribution in [3.8, 4) is 17.0 Å². The van der Waals surface area contributed by atoms with Gasteiger partial charge in [-0.1, -0.05) is 48.5 Å². The van der Waals surface area contributed by atoms with Gasteiger partial charge in [-0.15, -0.1) is 0 Å². The van der Waals surface area contributed by atoms with Gasteiger partial charge in [0, 0.05) is 18.9 Å². The Bertz CT molecular complexity index is 1290. The van der Waals surface area contributed by atoms with Crippen molar-refractivity contribution in [1.82, 2.24) is 10.1 Å². The molecular formula is C22H20ClN4O4S+. The standard InChI is InChI=1S/C22H19ClN4O4S/c1-4-32-22-24-20(30)19-14-8-5-6-10-16(14)26(12(2)28)21(27(19)25-22)15-9-7-11-17(18(15)23)31-13(3)29/h5-11,21H,4H2,1-3H3/p+1/t21-/m0/s1. The maximum absolute atomic E-state index is 13.1. The summed E-state index contributed by atoms with van der Waals surface area (Å²) >= 11 is 8.02. The third kappa shape index (κ3) is 3.78. The van der Waals surface area contributed by atoms with Crippen LogP contribution in [0.25, 0.3) is 11.3 Å². The van der Waals surface area contributed by atoms with Gasteiger partial charge in [0.1, 0.15) is 5.75 Å². The number of nitrogens with zero attached hydrogens (tertiary/aromatic N) is 3. The molecule has 4 rings (SSSR count). The molecule has 0 saturated carbocycles. The van der Waals surface area contributed by atoms with Gasteiger partial charge in [-0.3, -0.25) is 19.4 Å². The van der Waals surface area contributed by atoms with Crippen molar-refractivity contribution in [2.75, 3.05) is 10.7 Å². The van der Waals surface area contributed by atoms with E-state index in [1.165, 1.54) is 35.2 Å². The van der Waals surface area contributed by atoms with Crippen molar-refractivity contribution >= 4 is 40.9 Å². The lowest BCUT2D eigenvalue weighted by molar-refractivity contribution is -0.763. The fourth-order valence-corrected chi connectivity index (χ4v) is 4.60. The van der Waals surface area contributed by atoms with Crippen molar-refractivity contribution in [1.29, 1.82) is 0 Å². The Balaban J connectivity index is 2.06. The second-order valence-electron chi connectivity index (χ2n) is 7.02. The minimum atomic E-state index is -0.862. The van der Waals surface area contributed by atoms with Crippen LogP contribution in [0.1, 0.15) is 32.5 Å². The maximum Gasteiger partial charge on any atom is 0.325 e. The van der Waals surface area contributed by atoms with Crippen LogP contribution in [0.5, 0.6) is 5.75 Å².